The van der Waals surface area contributed by atoms with Crippen LogP contribution in [-0.4, -0.2) is 40.5 Å². The monoisotopic (exact) mass is 233 g/mol. The summed E-state index contributed by atoms with van der Waals surface area (Å²) in [6.45, 7) is 4.85. The highest BCUT2D eigenvalue weighted by Crippen LogP contribution is 2.07. The third-order valence-electron chi connectivity index (χ3n) is 1.65. The van der Waals surface area contributed by atoms with Gasteiger partial charge in [-0.2, -0.15) is 0 Å². The van der Waals surface area contributed by atoms with Crippen LogP contribution < -0.4 is 5.32 Å². The van der Waals surface area contributed by atoms with E-state index < -0.39 is 23.7 Å². The number of carbonyl (C=O) groups is 2. The molecule has 6 nitrogen and oxygen atoms in total. The highest BCUT2D eigenvalue weighted by Gasteiger charge is 2.19. The number of nitrogens with one attached hydrogen (secondary N) is 1. The molecule has 0 spiro atoms. The summed E-state index contributed by atoms with van der Waals surface area (Å²) < 4.78 is 4.97. The second-order valence-corrected chi connectivity index (χ2v) is 4.46. The van der Waals surface area contributed by atoms with Gasteiger partial charge in [0.1, 0.15) is 5.60 Å². The number of rotatable bonds is 5. The highest BCUT2D eigenvalue weighted by atomic mass is 16.6. The molecule has 16 heavy (non-hydrogen) atoms. The molecular formula is C10H19NO5. The number of carbonyl (C=O) groups excluding carboxylic acids is 1. The van der Waals surface area contributed by atoms with E-state index in [-0.39, 0.29) is 19.4 Å². The quantitative estimate of drug-likeness (QED) is 0.650. The van der Waals surface area contributed by atoms with Gasteiger partial charge in [0.15, 0.2) is 0 Å². The average Bonchev–Trinajstić information content (AvgIpc) is 2.08. The largest absolute Gasteiger partial charge is 0.481 e. The standard InChI is InChI=1S/C10H19NO5/c1-10(2,3)16-9(15)11-7(6-12)4-5-8(13)14/h7,12H,4-6H2,1-3H3,(H,11,15)(H,13,14). The van der Waals surface area contributed by atoms with Crippen LogP contribution >= 0.6 is 0 Å². The number of ether oxygens (including phenoxy) is 1. The highest BCUT2D eigenvalue weighted by molar-refractivity contribution is 5.69. The number of carboxylic acid groups (broad SMARTS) is 1. The molecule has 1 unspecified atom stereocenters. The SMILES string of the molecule is CC(C)(C)OC(=O)NC(CO)CCC(=O)O. The van der Waals surface area contributed by atoms with Crippen LogP contribution in [0, 0.1) is 0 Å². The van der Waals surface area contributed by atoms with Crippen molar-refractivity contribution in [2.24, 2.45) is 0 Å². The minimum atomic E-state index is -0.968. The molecule has 0 aromatic heterocycles. The first-order valence-corrected chi connectivity index (χ1v) is 5.07. The van der Waals surface area contributed by atoms with Crippen LogP contribution in [0.25, 0.3) is 0 Å². The van der Waals surface area contributed by atoms with Crippen molar-refractivity contribution >= 4 is 12.1 Å². The summed E-state index contributed by atoms with van der Waals surface area (Å²) in [5.74, 6) is -0.968. The Hall–Kier alpha value is -1.30. The molecule has 0 saturated carbocycles. The molecule has 0 bridgehead atoms. The van der Waals surface area contributed by atoms with Crippen LogP contribution in [0.4, 0.5) is 4.79 Å². The molecule has 0 heterocycles. The van der Waals surface area contributed by atoms with Gasteiger partial charge in [-0.1, -0.05) is 0 Å². The zero-order valence-corrected chi connectivity index (χ0v) is 9.82. The van der Waals surface area contributed by atoms with Crippen molar-refractivity contribution in [2.45, 2.75) is 45.3 Å². The molecule has 3 N–H and O–H groups in total. The summed E-state index contributed by atoms with van der Waals surface area (Å²) in [7, 11) is 0. The first-order chi connectivity index (χ1) is 7.24. The molecule has 0 aromatic rings. The zero-order chi connectivity index (χ0) is 12.8. The summed E-state index contributed by atoms with van der Waals surface area (Å²) in [6.07, 6.45) is -0.594. The fraction of sp³-hybridized carbons (Fsp3) is 0.800. The lowest BCUT2D eigenvalue weighted by molar-refractivity contribution is -0.137. The van der Waals surface area contributed by atoms with Gasteiger partial charge in [0.2, 0.25) is 0 Å². The van der Waals surface area contributed by atoms with Crippen molar-refractivity contribution in [1.29, 1.82) is 0 Å². The molecule has 1 amide bonds. The van der Waals surface area contributed by atoms with Gasteiger partial charge in [0.25, 0.3) is 0 Å². The average molecular weight is 233 g/mol. The summed E-state index contributed by atoms with van der Waals surface area (Å²) in [6, 6.07) is -0.592. The van der Waals surface area contributed by atoms with Gasteiger partial charge < -0.3 is 20.3 Å². The number of amides is 1. The molecule has 0 aliphatic rings. The van der Waals surface area contributed by atoms with E-state index in [1.807, 2.05) is 0 Å². The van der Waals surface area contributed by atoms with Gasteiger partial charge in [-0.25, -0.2) is 4.79 Å². The number of hydrogen-bond acceptors (Lipinski definition) is 4. The Morgan fingerprint density at radius 3 is 2.31 bits per heavy atom. The second kappa shape index (κ2) is 6.32. The Labute approximate surface area is 94.6 Å². The van der Waals surface area contributed by atoms with Gasteiger partial charge in [-0.15, -0.1) is 0 Å². The van der Waals surface area contributed by atoms with E-state index in [1.54, 1.807) is 20.8 Å². The fourth-order valence-electron chi connectivity index (χ4n) is 0.981. The maximum absolute atomic E-state index is 11.3. The van der Waals surface area contributed by atoms with Crippen LogP contribution in [0.3, 0.4) is 0 Å². The van der Waals surface area contributed by atoms with Crippen molar-refractivity contribution in [1.82, 2.24) is 5.32 Å². The molecule has 6 heteroatoms. The lowest BCUT2D eigenvalue weighted by atomic mass is 10.1. The van der Waals surface area contributed by atoms with E-state index >= 15 is 0 Å². The number of aliphatic carboxylic acids is 1. The molecule has 0 fully saturated rings. The maximum Gasteiger partial charge on any atom is 0.407 e. The summed E-state index contributed by atoms with van der Waals surface area (Å²) in [4.78, 5) is 21.6. The molecule has 0 radical (unpaired) electrons. The lowest BCUT2D eigenvalue weighted by Crippen LogP contribution is -2.41. The van der Waals surface area contributed by atoms with Gasteiger partial charge in [-0.05, 0) is 27.2 Å². The van der Waals surface area contributed by atoms with Crippen molar-refractivity contribution < 1.29 is 24.5 Å². The van der Waals surface area contributed by atoms with Crippen LogP contribution in [-0.2, 0) is 9.53 Å². The Balaban J connectivity index is 4.02. The number of hydrogen-bond donors (Lipinski definition) is 3. The third-order valence-corrected chi connectivity index (χ3v) is 1.65. The van der Waals surface area contributed by atoms with Crippen molar-refractivity contribution in [3.8, 4) is 0 Å². The predicted molar refractivity (Wildman–Crippen MR) is 57.1 cm³/mol. The molecule has 0 aliphatic heterocycles. The molecule has 94 valence electrons. The number of aliphatic hydroxyl groups is 1. The summed E-state index contributed by atoms with van der Waals surface area (Å²) in [5, 5.41) is 19.8. The van der Waals surface area contributed by atoms with Gasteiger partial charge in [0.05, 0.1) is 12.6 Å². The van der Waals surface area contributed by atoms with Gasteiger partial charge in [-0.3, -0.25) is 4.79 Å². The normalized spacial score (nSPS) is 13.0. The Bertz CT molecular complexity index is 246. The van der Waals surface area contributed by atoms with Crippen LogP contribution in [0.5, 0.6) is 0 Å². The van der Waals surface area contributed by atoms with Crippen molar-refractivity contribution in [2.75, 3.05) is 6.61 Å². The van der Waals surface area contributed by atoms with Crippen LogP contribution in [0.15, 0.2) is 0 Å². The van der Waals surface area contributed by atoms with E-state index in [2.05, 4.69) is 5.32 Å². The van der Waals surface area contributed by atoms with Crippen molar-refractivity contribution in [3.63, 3.8) is 0 Å². The van der Waals surface area contributed by atoms with Gasteiger partial charge >= 0.3 is 12.1 Å². The van der Waals surface area contributed by atoms with Crippen LogP contribution in [0.2, 0.25) is 0 Å². The first kappa shape index (κ1) is 14.7. The summed E-state index contributed by atoms with van der Waals surface area (Å²) >= 11 is 0. The fourth-order valence-corrected chi connectivity index (χ4v) is 0.981. The molecule has 0 aliphatic carbocycles. The topological polar surface area (TPSA) is 95.9 Å². The molecule has 0 rings (SSSR count). The van der Waals surface area contributed by atoms with E-state index in [0.29, 0.717) is 0 Å². The molecule has 1 atom stereocenters. The lowest BCUT2D eigenvalue weighted by Gasteiger charge is -2.22. The zero-order valence-electron chi connectivity index (χ0n) is 9.82. The predicted octanol–water partition coefficient (Wildman–Crippen LogP) is 0.737. The minimum Gasteiger partial charge on any atom is -0.481 e. The number of aliphatic hydroxyl groups excluding tert-OH is 1. The molecular weight excluding hydrogens is 214 g/mol. The minimum absolute atomic E-state index is 0.110. The molecule has 0 aromatic carbocycles. The first-order valence-electron chi connectivity index (χ1n) is 5.07. The maximum atomic E-state index is 11.3. The van der Waals surface area contributed by atoms with Gasteiger partial charge in [0, 0.05) is 6.42 Å². The summed E-state index contributed by atoms with van der Waals surface area (Å²) in [5.41, 5.74) is -0.614. The van der Waals surface area contributed by atoms with Crippen molar-refractivity contribution in [3.05, 3.63) is 0 Å². The molecule has 0 saturated heterocycles. The smallest absolute Gasteiger partial charge is 0.407 e. The Kier molecular flexibility index (Phi) is 5.81. The Morgan fingerprint density at radius 1 is 1.38 bits per heavy atom. The second-order valence-electron chi connectivity index (χ2n) is 4.46. The van der Waals surface area contributed by atoms with E-state index in [0.717, 1.165) is 0 Å². The van der Waals surface area contributed by atoms with E-state index in [9.17, 15) is 9.59 Å². The number of alkyl carbamates (subject to hydrolysis) is 1. The van der Waals surface area contributed by atoms with E-state index in [1.165, 1.54) is 0 Å². The van der Waals surface area contributed by atoms with E-state index in [4.69, 9.17) is 14.9 Å². The number of carboxylic acids is 1. The Morgan fingerprint density at radius 2 is 1.94 bits per heavy atom. The third kappa shape index (κ3) is 8.05. The van der Waals surface area contributed by atoms with Crippen LogP contribution in [0.1, 0.15) is 33.6 Å².